The highest BCUT2D eigenvalue weighted by molar-refractivity contribution is 9.10. The van der Waals surface area contributed by atoms with Crippen molar-refractivity contribution >= 4 is 27.7 Å². The van der Waals surface area contributed by atoms with Crippen molar-refractivity contribution < 1.29 is 4.74 Å². The topological polar surface area (TPSA) is 24.5 Å². The third-order valence-electron chi connectivity index (χ3n) is 3.93. The van der Waals surface area contributed by atoms with Gasteiger partial charge in [0, 0.05) is 60.2 Å². The van der Waals surface area contributed by atoms with Gasteiger partial charge in [-0.05, 0) is 18.2 Å². The zero-order valence-corrected chi connectivity index (χ0v) is 14.0. The average Bonchev–Trinajstić information content (AvgIpc) is 2.49. The first-order chi connectivity index (χ1) is 9.83. The largest absolute Gasteiger partial charge is 0.493 e. The molecule has 1 aromatic rings. The van der Waals surface area contributed by atoms with Crippen LogP contribution >= 0.6 is 27.7 Å². The van der Waals surface area contributed by atoms with E-state index in [1.807, 2.05) is 6.07 Å². The Labute approximate surface area is 133 Å². The molecule has 1 aromatic carbocycles. The zero-order valence-electron chi connectivity index (χ0n) is 11.6. The van der Waals surface area contributed by atoms with Crippen LogP contribution in [0.15, 0.2) is 22.7 Å². The lowest BCUT2D eigenvalue weighted by atomic mass is 10.0. The quantitative estimate of drug-likeness (QED) is 0.896. The molecule has 0 amide bonds. The minimum atomic E-state index is 0.426. The summed E-state index contributed by atoms with van der Waals surface area (Å²) in [5.41, 5.74) is 1.29. The van der Waals surface area contributed by atoms with E-state index in [1.165, 1.54) is 30.2 Å². The lowest BCUT2D eigenvalue weighted by Crippen LogP contribution is -2.39. The van der Waals surface area contributed by atoms with E-state index >= 15 is 0 Å². The molecule has 0 aromatic heterocycles. The molecule has 0 radical (unpaired) electrons. The van der Waals surface area contributed by atoms with Crippen LogP contribution in [0.25, 0.3) is 0 Å². The summed E-state index contributed by atoms with van der Waals surface area (Å²) in [4.78, 5) is 2.56. The molecule has 1 fully saturated rings. The predicted octanol–water partition coefficient (Wildman–Crippen LogP) is 2.91. The van der Waals surface area contributed by atoms with Gasteiger partial charge in [-0.1, -0.05) is 15.9 Å². The van der Waals surface area contributed by atoms with Crippen LogP contribution in [0, 0.1) is 0 Å². The third-order valence-corrected chi connectivity index (χ3v) is 5.37. The van der Waals surface area contributed by atoms with Gasteiger partial charge in [0.2, 0.25) is 0 Å². The van der Waals surface area contributed by atoms with E-state index in [9.17, 15) is 0 Å². The monoisotopic (exact) mass is 356 g/mol. The van der Waals surface area contributed by atoms with E-state index in [4.69, 9.17) is 4.74 Å². The molecule has 3 nitrogen and oxygen atoms in total. The van der Waals surface area contributed by atoms with Crippen LogP contribution < -0.4 is 10.1 Å². The second kappa shape index (κ2) is 7.16. The number of nitrogens with zero attached hydrogens (tertiary/aromatic N) is 1. The van der Waals surface area contributed by atoms with Gasteiger partial charge in [0.05, 0.1) is 6.61 Å². The molecule has 110 valence electrons. The van der Waals surface area contributed by atoms with Gasteiger partial charge < -0.3 is 15.0 Å². The molecular weight excluding hydrogens is 336 g/mol. The van der Waals surface area contributed by atoms with E-state index in [1.54, 1.807) is 0 Å². The van der Waals surface area contributed by atoms with Crippen molar-refractivity contribution in [3.63, 3.8) is 0 Å². The second-order valence-electron chi connectivity index (χ2n) is 5.28. The molecule has 0 saturated carbocycles. The number of hydrogen-bond acceptors (Lipinski definition) is 4. The number of fused-ring (bicyclic) bond motifs is 1. The van der Waals surface area contributed by atoms with Crippen molar-refractivity contribution in [2.24, 2.45) is 0 Å². The van der Waals surface area contributed by atoms with Crippen LogP contribution in [0.5, 0.6) is 5.75 Å². The van der Waals surface area contributed by atoms with Crippen molar-refractivity contribution in [1.82, 2.24) is 10.2 Å². The molecule has 2 aliphatic heterocycles. The fourth-order valence-electron chi connectivity index (χ4n) is 2.80. The van der Waals surface area contributed by atoms with E-state index in [-0.39, 0.29) is 0 Å². The molecule has 0 spiro atoms. The standard InChI is InChI=1S/C15H21BrN2OS/c16-12-1-2-15-13(11-12)14(3-8-19-15)17-4-5-18-6-9-20-10-7-18/h1-2,11,14,17H,3-10H2. The van der Waals surface area contributed by atoms with Gasteiger partial charge in [0.15, 0.2) is 0 Å². The van der Waals surface area contributed by atoms with Gasteiger partial charge in [-0.2, -0.15) is 11.8 Å². The van der Waals surface area contributed by atoms with E-state index < -0.39 is 0 Å². The number of benzene rings is 1. The number of thioether (sulfide) groups is 1. The van der Waals surface area contributed by atoms with Crippen molar-refractivity contribution in [3.05, 3.63) is 28.2 Å². The highest BCUT2D eigenvalue weighted by Crippen LogP contribution is 2.33. The molecule has 0 aliphatic carbocycles. The molecule has 0 bridgehead atoms. The SMILES string of the molecule is Brc1ccc2c(c1)C(NCCN1CCSCC1)CCO2. The Morgan fingerprint density at radius 2 is 2.20 bits per heavy atom. The van der Waals surface area contributed by atoms with Crippen LogP contribution in [0.4, 0.5) is 0 Å². The molecule has 1 unspecified atom stereocenters. The van der Waals surface area contributed by atoms with Gasteiger partial charge in [-0.15, -0.1) is 0 Å². The maximum Gasteiger partial charge on any atom is 0.124 e. The Kier molecular flexibility index (Phi) is 5.26. The van der Waals surface area contributed by atoms with Gasteiger partial charge in [-0.3, -0.25) is 0 Å². The number of ether oxygens (including phenoxy) is 1. The fourth-order valence-corrected chi connectivity index (χ4v) is 4.16. The average molecular weight is 357 g/mol. The Balaban J connectivity index is 1.54. The molecule has 1 N–H and O–H groups in total. The Hall–Kier alpha value is -0.230. The Morgan fingerprint density at radius 1 is 1.35 bits per heavy atom. The molecule has 20 heavy (non-hydrogen) atoms. The lowest BCUT2D eigenvalue weighted by molar-refractivity contribution is 0.242. The minimum Gasteiger partial charge on any atom is -0.493 e. The van der Waals surface area contributed by atoms with Crippen LogP contribution in [-0.2, 0) is 0 Å². The van der Waals surface area contributed by atoms with E-state index in [0.29, 0.717) is 6.04 Å². The van der Waals surface area contributed by atoms with E-state index in [2.05, 4.69) is 50.0 Å². The van der Waals surface area contributed by atoms with Gasteiger partial charge in [0.1, 0.15) is 5.75 Å². The first kappa shape index (κ1) is 14.7. The maximum absolute atomic E-state index is 5.73. The van der Waals surface area contributed by atoms with Crippen molar-refractivity contribution in [1.29, 1.82) is 0 Å². The normalized spacial score (nSPS) is 23.1. The summed E-state index contributed by atoms with van der Waals surface area (Å²) in [6.07, 6.45) is 1.05. The lowest BCUT2D eigenvalue weighted by Gasteiger charge is -2.30. The molecule has 2 aliphatic rings. The van der Waals surface area contributed by atoms with Gasteiger partial charge in [-0.25, -0.2) is 0 Å². The van der Waals surface area contributed by atoms with Crippen LogP contribution in [0.2, 0.25) is 0 Å². The third kappa shape index (κ3) is 3.70. The zero-order chi connectivity index (χ0) is 13.8. The van der Waals surface area contributed by atoms with Crippen LogP contribution in [-0.4, -0.2) is 49.2 Å². The van der Waals surface area contributed by atoms with Crippen molar-refractivity contribution in [3.8, 4) is 5.75 Å². The second-order valence-corrected chi connectivity index (χ2v) is 7.42. The smallest absolute Gasteiger partial charge is 0.124 e. The number of nitrogens with one attached hydrogen (secondary N) is 1. The molecule has 2 heterocycles. The molecule has 3 rings (SSSR count). The summed E-state index contributed by atoms with van der Waals surface area (Å²) < 4.78 is 6.86. The van der Waals surface area contributed by atoms with Gasteiger partial charge >= 0.3 is 0 Å². The minimum absolute atomic E-state index is 0.426. The van der Waals surface area contributed by atoms with E-state index in [0.717, 1.165) is 36.3 Å². The van der Waals surface area contributed by atoms with Crippen molar-refractivity contribution in [2.45, 2.75) is 12.5 Å². The summed E-state index contributed by atoms with van der Waals surface area (Å²) >= 11 is 5.62. The maximum atomic E-state index is 5.73. The number of hydrogen-bond donors (Lipinski definition) is 1. The Morgan fingerprint density at radius 3 is 3.05 bits per heavy atom. The molecule has 5 heteroatoms. The van der Waals surface area contributed by atoms with Crippen LogP contribution in [0.3, 0.4) is 0 Å². The summed E-state index contributed by atoms with van der Waals surface area (Å²) in [5.74, 6) is 3.60. The molecular formula is C15H21BrN2OS. The first-order valence-corrected chi connectivity index (χ1v) is 9.23. The summed E-state index contributed by atoms with van der Waals surface area (Å²) in [6, 6.07) is 6.72. The van der Waals surface area contributed by atoms with Crippen molar-refractivity contribution in [2.75, 3.05) is 44.3 Å². The number of halogens is 1. The highest BCUT2D eigenvalue weighted by Gasteiger charge is 2.21. The molecule has 1 saturated heterocycles. The predicted molar refractivity (Wildman–Crippen MR) is 88.8 cm³/mol. The summed E-state index contributed by atoms with van der Waals surface area (Å²) in [7, 11) is 0. The first-order valence-electron chi connectivity index (χ1n) is 7.29. The summed E-state index contributed by atoms with van der Waals surface area (Å²) in [5, 5.41) is 3.70. The van der Waals surface area contributed by atoms with Crippen LogP contribution in [0.1, 0.15) is 18.0 Å². The fraction of sp³-hybridized carbons (Fsp3) is 0.600. The number of rotatable bonds is 4. The Bertz CT molecular complexity index is 451. The molecule has 1 atom stereocenters. The highest BCUT2D eigenvalue weighted by atomic mass is 79.9. The van der Waals surface area contributed by atoms with Gasteiger partial charge in [0.25, 0.3) is 0 Å². The summed E-state index contributed by atoms with van der Waals surface area (Å²) in [6.45, 7) is 5.50.